The van der Waals surface area contributed by atoms with E-state index in [-0.39, 0.29) is 35.1 Å². The molecule has 162 valence electrons. The fourth-order valence-corrected chi connectivity index (χ4v) is 5.78. The summed E-state index contributed by atoms with van der Waals surface area (Å²) >= 11 is 12.5. The molecule has 8 nitrogen and oxygen atoms in total. The lowest BCUT2D eigenvalue weighted by atomic mass is 9.97. The van der Waals surface area contributed by atoms with E-state index in [0.717, 1.165) is 0 Å². The number of anilines is 1. The summed E-state index contributed by atoms with van der Waals surface area (Å²) < 4.78 is 30.6. The standard InChI is InChI=1S/C19H21Cl2N2O6P/c1-19(2)10-28-30(26,29-11-19)18(15-8-12(20)9-16(21)17(15)27-3)22-13-4-6-14(7-5-13)23(24)25/h4-9,18,22H,10-11H2,1-3H3/t18-/m1/s1. The quantitative estimate of drug-likeness (QED) is 0.298. The van der Waals surface area contributed by atoms with E-state index in [1.165, 1.54) is 37.4 Å². The second-order valence-corrected chi connectivity index (χ2v) is 10.6. The molecule has 1 heterocycles. The molecule has 3 rings (SSSR count). The molecule has 30 heavy (non-hydrogen) atoms. The van der Waals surface area contributed by atoms with E-state index in [1.807, 2.05) is 13.8 Å². The Labute approximate surface area is 184 Å². The topological polar surface area (TPSA) is 99.9 Å². The smallest absolute Gasteiger partial charge is 0.357 e. The van der Waals surface area contributed by atoms with E-state index >= 15 is 0 Å². The Hall–Kier alpha value is -1.83. The lowest BCUT2D eigenvalue weighted by Crippen LogP contribution is -2.32. The highest BCUT2D eigenvalue weighted by Gasteiger charge is 2.45. The third kappa shape index (κ3) is 4.90. The number of nitro benzene ring substituents is 1. The van der Waals surface area contributed by atoms with Gasteiger partial charge in [-0.3, -0.25) is 14.7 Å². The zero-order valence-electron chi connectivity index (χ0n) is 16.6. The third-order valence-electron chi connectivity index (χ3n) is 4.50. The molecule has 0 amide bonds. The first-order chi connectivity index (χ1) is 14.0. The van der Waals surface area contributed by atoms with Gasteiger partial charge in [0.2, 0.25) is 0 Å². The number of nitrogens with one attached hydrogen (secondary N) is 1. The van der Waals surface area contributed by atoms with E-state index < -0.39 is 18.3 Å². The van der Waals surface area contributed by atoms with Gasteiger partial charge in [-0.1, -0.05) is 37.0 Å². The van der Waals surface area contributed by atoms with Crippen LogP contribution >= 0.6 is 30.8 Å². The van der Waals surface area contributed by atoms with Crippen molar-refractivity contribution in [3.8, 4) is 5.75 Å². The van der Waals surface area contributed by atoms with Gasteiger partial charge in [0.25, 0.3) is 5.69 Å². The number of halogens is 2. The summed E-state index contributed by atoms with van der Waals surface area (Å²) in [6.45, 7) is 4.32. The van der Waals surface area contributed by atoms with E-state index in [4.69, 9.17) is 37.0 Å². The summed E-state index contributed by atoms with van der Waals surface area (Å²) in [5, 5.41) is 14.6. The number of nitrogens with zero attached hydrogens (tertiary/aromatic N) is 1. The van der Waals surface area contributed by atoms with Crippen molar-refractivity contribution in [1.82, 2.24) is 0 Å². The molecule has 0 aromatic heterocycles. The SMILES string of the molecule is COc1c(Cl)cc(Cl)cc1[C@H](Nc1ccc([N+](=O)[O-])cc1)P1(=O)OCC(C)(C)CO1. The molecule has 0 spiro atoms. The maximum Gasteiger partial charge on any atom is 0.357 e. The van der Waals surface area contributed by atoms with Gasteiger partial charge in [-0.25, -0.2) is 0 Å². The van der Waals surface area contributed by atoms with Crippen molar-refractivity contribution in [2.24, 2.45) is 5.41 Å². The van der Waals surface area contributed by atoms with Crippen LogP contribution in [0.4, 0.5) is 11.4 Å². The van der Waals surface area contributed by atoms with Crippen molar-refractivity contribution < 1.29 is 23.3 Å². The van der Waals surface area contributed by atoms with Gasteiger partial charge in [-0.15, -0.1) is 0 Å². The Balaban J connectivity index is 2.06. The molecule has 0 radical (unpaired) electrons. The minimum Gasteiger partial charge on any atom is -0.495 e. The van der Waals surface area contributed by atoms with Gasteiger partial charge in [-0.2, -0.15) is 0 Å². The summed E-state index contributed by atoms with van der Waals surface area (Å²) in [6.07, 6.45) is 0. The Bertz CT molecular complexity index is 985. The van der Waals surface area contributed by atoms with Crippen molar-refractivity contribution in [1.29, 1.82) is 0 Å². The second-order valence-electron chi connectivity index (χ2n) is 7.61. The molecule has 2 aromatic rings. The van der Waals surface area contributed by atoms with Gasteiger partial charge < -0.3 is 19.1 Å². The number of non-ortho nitro benzene ring substituents is 1. The van der Waals surface area contributed by atoms with Crippen LogP contribution in [0.25, 0.3) is 0 Å². The van der Waals surface area contributed by atoms with Crippen molar-refractivity contribution in [3.63, 3.8) is 0 Å². The highest BCUT2D eigenvalue weighted by Crippen LogP contribution is 2.65. The molecule has 1 N–H and O–H groups in total. The van der Waals surface area contributed by atoms with E-state index in [9.17, 15) is 14.7 Å². The Morgan fingerprint density at radius 2 is 1.80 bits per heavy atom. The summed E-state index contributed by atoms with van der Waals surface area (Å²) in [4.78, 5) is 10.4. The molecule has 1 aliphatic rings. The maximum absolute atomic E-state index is 13.7. The van der Waals surface area contributed by atoms with Gasteiger partial charge >= 0.3 is 7.60 Å². The van der Waals surface area contributed by atoms with Crippen molar-refractivity contribution in [3.05, 3.63) is 62.1 Å². The monoisotopic (exact) mass is 474 g/mol. The van der Waals surface area contributed by atoms with Gasteiger partial charge in [-0.05, 0) is 24.3 Å². The van der Waals surface area contributed by atoms with Crippen LogP contribution in [0.3, 0.4) is 0 Å². The van der Waals surface area contributed by atoms with Crippen LogP contribution in [0, 0.1) is 15.5 Å². The average molecular weight is 475 g/mol. The van der Waals surface area contributed by atoms with Crippen molar-refractivity contribution in [2.45, 2.75) is 19.6 Å². The molecule has 0 bridgehead atoms. The minimum atomic E-state index is -3.74. The second kappa shape index (κ2) is 8.73. The normalized spacial score (nSPS) is 18.4. The first kappa shape index (κ1) is 22.8. The summed E-state index contributed by atoms with van der Waals surface area (Å²) in [5.41, 5.74) is 0.480. The van der Waals surface area contributed by atoms with Crippen molar-refractivity contribution >= 4 is 42.2 Å². The molecule has 1 saturated heterocycles. The number of nitro groups is 1. The summed E-state index contributed by atoms with van der Waals surface area (Å²) in [6, 6.07) is 8.76. The summed E-state index contributed by atoms with van der Waals surface area (Å²) in [7, 11) is -2.31. The van der Waals surface area contributed by atoms with Crippen LogP contribution in [-0.4, -0.2) is 25.2 Å². The molecule has 0 saturated carbocycles. The number of benzene rings is 2. The van der Waals surface area contributed by atoms with Gasteiger partial charge in [0, 0.05) is 33.8 Å². The number of methoxy groups -OCH3 is 1. The molecule has 0 unspecified atom stereocenters. The molecule has 1 aliphatic heterocycles. The van der Waals surface area contributed by atoms with Crippen LogP contribution in [0.2, 0.25) is 10.0 Å². The van der Waals surface area contributed by atoms with Gasteiger partial charge in [0.15, 0.2) is 5.78 Å². The number of hydrogen-bond acceptors (Lipinski definition) is 7. The Kier molecular flexibility index (Phi) is 6.65. The number of ether oxygens (including phenoxy) is 1. The highest BCUT2D eigenvalue weighted by atomic mass is 35.5. The van der Waals surface area contributed by atoms with E-state index in [0.29, 0.717) is 16.3 Å². The number of rotatable bonds is 6. The van der Waals surface area contributed by atoms with Crippen LogP contribution in [0.5, 0.6) is 5.75 Å². The average Bonchev–Trinajstić information content (AvgIpc) is 2.68. The molecule has 11 heteroatoms. The molecule has 2 aromatic carbocycles. The van der Waals surface area contributed by atoms with Crippen LogP contribution in [-0.2, 0) is 13.6 Å². The van der Waals surface area contributed by atoms with Crippen molar-refractivity contribution in [2.75, 3.05) is 25.6 Å². The zero-order chi connectivity index (χ0) is 22.1. The molecular weight excluding hydrogens is 454 g/mol. The molecule has 1 fully saturated rings. The lowest BCUT2D eigenvalue weighted by molar-refractivity contribution is -0.384. The predicted molar refractivity (Wildman–Crippen MR) is 116 cm³/mol. The van der Waals surface area contributed by atoms with Gasteiger partial charge in [0.1, 0.15) is 5.75 Å². The summed E-state index contributed by atoms with van der Waals surface area (Å²) in [5.74, 6) is -0.742. The van der Waals surface area contributed by atoms with E-state index in [1.54, 1.807) is 6.07 Å². The minimum absolute atomic E-state index is 0.0703. The lowest BCUT2D eigenvalue weighted by Gasteiger charge is -2.38. The maximum atomic E-state index is 13.7. The van der Waals surface area contributed by atoms with Gasteiger partial charge in [0.05, 0.1) is 30.3 Å². The van der Waals surface area contributed by atoms with E-state index in [2.05, 4.69) is 5.32 Å². The van der Waals surface area contributed by atoms with Crippen LogP contribution in [0.15, 0.2) is 36.4 Å². The predicted octanol–water partition coefficient (Wildman–Crippen LogP) is 6.29. The fourth-order valence-electron chi connectivity index (χ4n) is 2.92. The zero-order valence-corrected chi connectivity index (χ0v) is 19.0. The third-order valence-corrected chi connectivity index (χ3v) is 7.02. The molecular formula is C19H21Cl2N2O6P. The fraction of sp³-hybridized carbons (Fsp3) is 0.368. The molecule has 1 atom stereocenters. The first-order valence-corrected chi connectivity index (χ1v) is 11.3. The largest absolute Gasteiger partial charge is 0.495 e. The highest BCUT2D eigenvalue weighted by molar-refractivity contribution is 7.54. The number of hydrogen-bond donors (Lipinski definition) is 1. The Morgan fingerprint density at radius 3 is 2.33 bits per heavy atom. The molecule has 0 aliphatic carbocycles. The van der Waals surface area contributed by atoms with Crippen LogP contribution in [0.1, 0.15) is 25.2 Å². The van der Waals surface area contributed by atoms with Crippen LogP contribution < -0.4 is 10.1 Å². The Morgan fingerprint density at radius 1 is 1.20 bits per heavy atom. The first-order valence-electron chi connectivity index (χ1n) is 8.97.